The summed E-state index contributed by atoms with van der Waals surface area (Å²) in [5, 5.41) is 5.39. The van der Waals surface area contributed by atoms with Crippen molar-refractivity contribution in [3.8, 4) is 0 Å². The number of anilines is 1. The van der Waals surface area contributed by atoms with Crippen LogP contribution in [-0.4, -0.2) is 32.4 Å². The number of nitrogens with one attached hydrogen (secondary N) is 2. The van der Waals surface area contributed by atoms with E-state index in [1.54, 1.807) is 0 Å². The molecule has 2 amide bonds. The van der Waals surface area contributed by atoms with Gasteiger partial charge in [0.15, 0.2) is 0 Å². The van der Waals surface area contributed by atoms with E-state index < -0.39 is 8.60 Å². The van der Waals surface area contributed by atoms with E-state index in [0.29, 0.717) is 26.4 Å². The number of carbonyl (C=O) groups excluding carboxylic acids is 1. The molecule has 0 aliphatic carbocycles. The number of hydrogen-bond donors (Lipinski definition) is 2. The Balaban J connectivity index is 1.57. The van der Waals surface area contributed by atoms with E-state index >= 15 is 0 Å². The molecule has 18 heavy (non-hydrogen) atoms. The Labute approximate surface area is 107 Å². The van der Waals surface area contributed by atoms with Crippen molar-refractivity contribution in [3.63, 3.8) is 0 Å². The average Bonchev–Trinajstić information content (AvgIpc) is 2.89. The summed E-state index contributed by atoms with van der Waals surface area (Å²) in [6, 6.07) is 8.98. The minimum absolute atomic E-state index is 0.258. The minimum atomic E-state index is -1.20. The van der Waals surface area contributed by atoms with Crippen molar-refractivity contribution in [2.24, 2.45) is 0 Å². The molecule has 7 heteroatoms. The molecule has 0 radical (unpaired) electrons. The van der Waals surface area contributed by atoms with Crippen LogP contribution >= 0.6 is 8.60 Å². The SMILES string of the molecule is O=C(NCCOP1OCCO1)Nc1ccccc1. The van der Waals surface area contributed by atoms with Crippen molar-refractivity contribution >= 4 is 20.3 Å². The van der Waals surface area contributed by atoms with Gasteiger partial charge >= 0.3 is 14.6 Å². The highest BCUT2D eigenvalue weighted by atomic mass is 31.2. The molecule has 2 rings (SSSR count). The van der Waals surface area contributed by atoms with Gasteiger partial charge in [0.2, 0.25) is 0 Å². The van der Waals surface area contributed by atoms with E-state index in [-0.39, 0.29) is 6.03 Å². The number of benzene rings is 1. The molecule has 0 atom stereocenters. The zero-order valence-electron chi connectivity index (χ0n) is 9.80. The second-order valence-corrected chi connectivity index (χ2v) is 4.69. The third kappa shape index (κ3) is 4.58. The van der Waals surface area contributed by atoms with Crippen LogP contribution in [0.4, 0.5) is 10.5 Å². The molecular formula is C11H15N2O4P. The third-order valence-corrected chi connectivity index (χ3v) is 3.27. The van der Waals surface area contributed by atoms with Crippen LogP contribution < -0.4 is 10.6 Å². The molecule has 6 nitrogen and oxygen atoms in total. The van der Waals surface area contributed by atoms with Gasteiger partial charge in [0.05, 0.1) is 19.8 Å². The molecule has 2 N–H and O–H groups in total. The fraction of sp³-hybridized carbons (Fsp3) is 0.364. The van der Waals surface area contributed by atoms with Gasteiger partial charge in [0.1, 0.15) is 0 Å². The lowest BCUT2D eigenvalue weighted by Gasteiger charge is -2.09. The highest BCUT2D eigenvalue weighted by molar-refractivity contribution is 7.41. The number of urea groups is 1. The molecule has 0 unspecified atom stereocenters. The number of carbonyl (C=O) groups is 1. The first-order valence-electron chi connectivity index (χ1n) is 5.63. The van der Waals surface area contributed by atoms with Gasteiger partial charge in [-0.25, -0.2) is 4.79 Å². The predicted octanol–water partition coefficient (Wildman–Crippen LogP) is 2.10. The largest absolute Gasteiger partial charge is 0.336 e. The van der Waals surface area contributed by atoms with Gasteiger partial charge in [-0.1, -0.05) is 18.2 Å². The Bertz CT molecular complexity index is 371. The molecule has 1 aromatic carbocycles. The maximum atomic E-state index is 11.5. The van der Waals surface area contributed by atoms with Crippen molar-refractivity contribution in [2.45, 2.75) is 0 Å². The quantitative estimate of drug-likeness (QED) is 0.635. The summed E-state index contributed by atoms with van der Waals surface area (Å²) in [7, 11) is -1.20. The fourth-order valence-electron chi connectivity index (χ4n) is 1.32. The van der Waals surface area contributed by atoms with Crippen LogP contribution in [0.3, 0.4) is 0 Å². The molecule has 1 saturated heterocycles. The van der Waals surface area contributed by atoms with Crippen molar-refractivity contribution < 1.29 is 18.4 Å². The Morgan fingerprint density at radius 1 is 1.28 bits per heavy atom. The van der Waals surface area contributed by atoms with Gasteiger partial charge in [0, 0.05) is 12.2 Å². The molecular weight excluding hydrogens is 255 g/mol. The summed E-state index contributed by atoms with van der Waals surface area (Å²) in [5.41, 5.74) is 0.753. The molecule has 1 aromatic rings. The van der Waals surface area contributed by atoms with Crippen LogP contribution in [0.15, 0.2) is 30.3 Å². The smallest absolute Gasteiger partial charge is 0.332 e. The first kappa shape index (κ1) is 13.2. The lowest BCUT2D eigenvalue weighted by Crippen LogP contribution is -2.31. The van der Waals surface area contributed by atoms with Gasteiger partial charge in [-0.05, 0) is 12.1 Å². The lowest BCUT2D eigenvalue weighted by molar-refractivity contribution is 0.235. The monoisotopic (exact) mass is 270 g/mol. The molecule has 1 aliphatic rings. The number of hydrogen-bond acceptors (Lipinski definition) is 4. The van der Waals surface area contributed by atoms with Crippen LogP contribution in [0, 0.1) is 0 Å². The Morgan fingerprint density at radius 2 is 2.00 bits per heavy atom. The van der Waals surface area contributed by atoms with E-state index in [1.807, 2.05) is 30.3 Å². The summed E-state index contributed by atoms with van der Waals surface area (Å²) >= 11 is 0. The summed E-state index contributed by atoms with van der Waals surface area (Å²) in [4.78, 5) is 11.5. The van der Waals surface area contributed by atoms with Gasteiger partial charge in [-0.15, -0.1) is 0 Å². The van der Waals surface area contributed by atoms with Crippen LogP contribution in [0.5, 0.6) is 0 Å². The van der Waals surface area contributed by atoms with Crippen LogP contribution in [0.1, 0.15) is 0 Å². The highest BCUT2D eigenvalue weighted by Gasteiger charge is 2.18. The van der Waals surface area contributed by atoms with E-state index in [2.05, 4.69) is 10.6 Å². The zero-order chi connectivity index (χ0) is 12.6. The van der Waals surface area contributed by atoms with Gasteiger partial charge < -0.3 is 24.2 Å². The molecule has 0 bridgehead atoms. The number of para-hydroxylation sites is 1. The first-order valence-corrected chi connectivity index (χ1v) is 6.73. The Hall–Kier alpha value is -1.20. The van der Waals surface area contributed by atoms with Crippen molar-refractivity contribution in [3.05, 3.63) is 30.3 Å². The standard InChI is InChI=1S/C11H15N2O4P/c14-11(13-10-4-2-1-3-5-10)12-6-7-15-18-16-8-9-17-18/h1-5H,6-9H2,(H2,12,13,14). The van der Waals surface area contributed by atoms with Crippen molar-refractivity contribution in [2.75, 3.05) is 31.7 Å². The summed E-state index contributed by atoms with van der Waals surface area (Å²) < 4.78 is 15.6. The number of rotatable bonds is 5. The summed E-state index contributed by atoms with van der Waals surface area (Å²) in [5.74, 6) is 0. The van der Waals surface area contributed by atoms with E-state index in [1.165, 1.54) is 0 Å². The maximum Gasteiger partial charge on any atom is 0.332 e. The predicted molar refractivity (Wildman–Crippen MR) is 68.2 cm³/mol. The number of amides is 2. The van der Waals surface area contributed by atoms with E-state index in [9.17, 15) is 4.79 Å². The molecule has 1 heterocycles. The van der Waals surface area contributed by atoms with Gasteiger partial charge in [0.25, 0.3) is 0 Å². The van der Waals surface area contributed by atoms with Gasteiger partial charge in [-0.3, -0.25) is 0 Å². The lowest BCUT2D eigenvalue weighted by atomic mass is 10.3. The van der Waals surface area contributed by atoms with Crippen molar-refractivity contribution in [1.29, 1.82) is 0 Å². The van der Waals surface area contributed by atoms with Gasteiger partial charge in [-0.2, -0.15) is 0 Å². The minimum Gasteiger partial charge on any atom is -0.336 e. The summed E-state index contributed by atoms with van der Waals surface area (Å²) in [6.07, 6.45) is 0. The first-order chi connectivity index (χ1) is 8.84. The highest BCUT2D eigenvalue weighted by Crippen LogP contribution is 2.42. The maximum absolute atomic E-state index is 11.5. The normalized spacial score (nSPS) is 15.6. The molecule has 1 fully saturated rings. The van der Waals surface area contributed by atoms with Crippen LogP contribution in [-0.2, 0) is 13.6 Å². The fourth-order valence-corrected chi connectivity index (χ4v) is 2.23. The Kier molecular flexibility index (Phi) is 5.36. The molecule has 0 saturated carbocycles. The second-order valence-electron chi connectivity index (χ2n) is 3.47. The molecule has 0 spiro atoms. The van der Waals surface area contributed by atoms with Crippen LogP contribution in [0.2, 0.25) is 0 Å². The van der Waals surface area contributed by atoms with Crippen LogP contribution in [0.25, 0.3) is 0 Å². The summed E-state index contributed by atoms with van der Waals surface area (Å²) in [6.45, 7) is 1.93. The second kappa shape index (κ2) is 7.28. The Morgan fingerprint density at radius 3 is 2.72 bits per heavy atom. The topological polar surface area (TPSA) is 68.8 Å². The molecule has 0 aromatic heterocycles. The molecule has 98 valence electrons. The van der Waals surface area contributed by atoms with Crippen molar-refractivity contribution in [1.82, 2.24) is 5.32 Å². The van der Waals surface area contributed by atoms with E-state index in [0.717, 1.165) is 5.69 Å². The van der Waals surface area contributed by atoms with E-state index in [4.69, 9.17) is 13.6 Å². The molecule has 1 aliphatic heterocycles. The zero-order valence-corrected chi connectivity index (χ0v) is 10.7. The third-order valence-electron chi connectivity index (χ3n) is 2.09. The average molecular weight is 270 g/mol.